The predicted molar refractivity (Wildman–Crippen MR) is 83.1 cm³/mol. The molecule has 0 atom stereocenters. The highest BCUT2D eigenvalue weighted by Gasteiger charge is 2.14. The van der Waals surface area contributed by atoms with E-state index in [0.717, 1.165) is 15.0 Å². The third kappa shape index (κ3) is 3.36. The fourth-order valence-corrected chi connectivity index (χ4v) is 3.11. The van der Waals surface area contributed by atoms with E-state index in [-0.39, 0.29) is 12.3 Å². The van der Waals surface area contributed by atoms with Crippen molar-refractivity contribution in [3.8, 4) is 0 Å². The molecule has 0 saturated heterocycles. The molecule has 1 heterocycles. The summed E-state index contributed by atoms with van der Waals surface area (Å²) in [5, 5.41) is 22.1. The zero-order valence-corrected chi connectivity index (χ0v) is 13.1. The summed E-state index contributed by atoms with van der Waals surface area (Å²) in [5.41, 5.74) is 2.27. The number of anilines is 1. The van der Waals surface area contributed by atoms with Gasteiger partial charge in [-0.15, -0.1) is 11.3 Å². The summed E-state index contributed by atoms with van der Waals surface area (Å²) < 4.78 is 1.07. The fraction of sp³-hybridized carbons (Fsp3) is 0.231. The molecule has 0 aliphatic rings. The van der Waals surface area contributed by atoms with Crippen molar-refractivity contribution in [2.45, 2.75) is 13.2 Å². The molecule has 0 unspecified atom stereocenters. The van der Waals surface area contributed by atoms with E-state index in [0.29, 0.717) is 12.1 Å². The van der Waals surface area contributed by atoms with E-state index in [9.17, 15) is 15.2 Å². The van der Waals surface area contributed by atoms with Gasteiger partial charge in [-0.05, 0) is 45.1 Å². The largest absolute Gasteiger partial charge is 0.391 e. The van der Waals surface area contributed by atoms with Crippen LogP contribution in [0.5, 0.6) is 0 Å². The quantitative estimate of drug-likeness (QED) is 0.657. The van der Waals surface area contributed by atoms with Crippen LogP contribution in [0, 0.1) is 10.1 Å². The van der Waals surface area contributed by atoms with Gasteiger partial charge < -0.3 is 10.0 Å². The molecule has 20 heavy (non-hydrogen) atoms. The maximum Gasteiger partial charge on any atom is 0.275 e. The first-order chi connectivity index (χ1) is 9.51. The first-order valence-corrected chi connectivity index (χ1v) is 7.50. The molecule has 0 fully saturated rings. The van der Waals surface area contributed by atoms with E-state index in [1.165, 1.54) is 6.07 Å². The number of nitro benzene ring substituents is 1. The Morgan fingerprint density at radius 3 is 2.75 bits per heavy atom. The smallest absolute Gasteiger partial charge is 0.275 e. The van der Waals surface area contributed by atoms with Gasteiger partial charge in [0.15, 0.2) is 0 Å². The molecule has 0 radical (unpaired) electrons. The van der Waals surface area contributed by atoms with E-state index >= 15 is 0 Å². The number of rotatable bonds is 5. The van der Waals surface area contributed by atoms with Gasteiger partial charge in [-0.1, -0.05) is 0 Å². The van der Waals surface area contributed by atoms with Crippen LogP contribution in [-0.2, 0) is 13.2 Å². The minimum absolute atomic E-state index is 0.0528. The Morgan fingerprint density at radius 2 is 2.20 bits per heavy atom. The summed E-state index contributed by atoms with van der Waals surface area (Å²) in [5.74, 6) is 0. The Balaban J connectivity index is 2.21. The van der Waals surface area contributed by atoms with Gasteiger partial charge in [0.1, 0.15) is 0 Å². The summed E-state index contributed by atoms with van der Waals surface area (Å²) in [6.07, 6.45) is 0. The van der Waals surface area contributed by atoms with Gasteiger partial charge in [-0.25, -0.2) is 0 Å². The second-order valence-electron chi connectivity index (χ2n) is 4.34. The van der Waals surface area contributed by atoms with Crippen LogP contribution >= 0.6 is 27.3 Å². The van der Waals surface area contributed by atoms with Crippen LogP contribution in [0.25, 0.3) is 0 Å². The van der Waals surface area contributed by atoms with Gasteiger partial charge in [-0.2, -0.15) is 0 Å². The standard InChI is InChI=1S/C13H13BrN2O3S/c1-15(6-9-4-13(14)20-8-9)11-2-3-12(16(18)19)10(5-11)7-17/h2-5,8,17H,6-7H2,1H3. The lowest BCUT2D eigenvalue weighted by Gasteiger charge is -2.19. The molecule has 0 saturated carbocycles. The van der Waals surface area contributed by atoms with E-state index in [2.05, 4.69) is 21.3 Å². The predicted octanol–water partition coefficient (Wildman–Crippen LogP) is 3.55. The summed E-state index contributed by atoms with van der Waals surface area (Å²) in [7, 11) is 1.91. The van der Waals surface area contributed by atoms with Gasteiger partial charge >= 0.3 is 0 Å². The number of nitrogens with zero attached hydrogens (tertiary/aromatic N) is 2. The third-order valence-corrected chi connectivity index (χ3v) is 4.47. The molecule has 106 valence electrons. The van der Waals surface area contributed by atoms with Crippen LogP contribution in [-0.4, -0.2) is 17.1 Å². The van der Waals surface area contributed by atoms with E-state index in [1.807, 2.05) is 18.0 Å². The van der Waals surface area contributed by atoms with E-state index in [4.69, 9.17) is 0 Å². The highest BCUT2D eigenvalue weighted by Crippen LogP contribution is 2.27. The lowest BCUT2D eigenvalue weighted by molar-refractivity contribution is -0.385. The average molecular weight is 357 g/mol. The number of hydrogen-bond acceptors (Lipinski definition) is 5. The molecule has 1 aromatic carbocycles. The second-order valence-corrected chi connectivity index (χ2v) is 6.63. The Morgan fingerprint density at radius 1 is 1.45 bits per heavy atom. The maximum absolute atomic E-state index is 10.8. The molecule has 1 N–H and O–H groups in total. The summed E-state index contributed by atoms with van der Waals surface area (Å²) in [4.78, 5) is 12.3. The molecule has 0 bridgehead atoms. The van der Waals surface area contributed by atoms with Crippen molar-refractivity contribution in [3.05, 3.63) is 54.7 Å². The maximum atomic E-state index is 10.8. The lowest BCUT2D eigenvalue weighted by atomic mass is 10.1. The number of hydrogen-bond donors (Lipinski definition) is 1. The molecule has 0 aliphatic heterocycles. The van der Waals surface area contributed by atoms with Crippen molar-refractivity contribution in [3.63, 3.8) is 0 Å². The van der Waals surface area contributed by atoms with Crippen molar-refractivity contribution in [2.75, 3.05) is 11.9 Å². The molecule has 1 aromatic heterocycles. The summed E-state index contributed by atoms with van der Waals surface area (Å²) in [6, 6.07) is 6.82. The Hall–Kier alpha value is -1.44. The minimum atomic E-state index is -0.481. The Labute approximate surface area is 128 Å². The van der Waals surface area contributed by atoms with Gasteiger partial charge in [-0.3, -0.25) is 10.1 Å². The van der Waals surface area contributed by atoms with Gasteiger partial charge in [0.05, 0.1) is 20.9 Å². The number of benzene rings is 1. The highest BCUT2D eigenvalue weighted by atomic mass is 79.9. The molecule has 2 aromatic rings. The molecule has 0 aliphatic carbocycles. The molecule has 0 spiro atoms. The van der Waals surface area contributed by atoms with Crippen LogP contribution in [0.4, 0.5) is 11.4 Å². The summed E-state index contributed by atoms with van der Waals surface area (Å²) in [6.45, 7) is 0.354. The number of aliphatic hydroxyl groups excluding tert-OH is 1. The van der Waals surface area contributed by atoms with Gasteiger partial charge in [0.25, 0.3) is 5.69 Å². The zero-order chi connectivity index (χ0) is 14.7. The van der Waals surface area contributed by atoms with E-state index in [1.54, 1.807) is 23.5 Å². The van der Waals surface area contributed by atoms with Gasteiger partial charge in [0, 0.05) is 25.3 Å². The number of halogens is 1. The Kier molecular flexibility index (Phi) is 4.74. The average Bonchev–Trinajstić information content (AvgIpc) is 2.83. The minimum Gasteiger partial charge on any atom is -0.391 e. The van der Waals surface area contributed by atoms with Crippen molar-refractivity contribution in [1.82, 2.24) is 0 Å². The van der Waals surface area contributed by atoms with Crippen molar-refractivity contribution < 1.29 is 10.0 Å². The molecule has 2 rings (SSSR count). The SMILES string of the molecule is CN(Cc1csc(Br)c1)c1ccc([N+](=O)[O-])c(CO)c1. The Bertz CT molecular complexity index is 630. The van der Waals surface area contributed by atoms with Crippen LogP contribution < -0.4 is 4.90 Å². The van der Waals surface area contributed by atoms with Crippen LogP contribution in [0.3, 0.4) is 0 Å². The van der Waals surface area contributed by atoms with Crippen molar-refractivity contribution in [2.24, 2.45) is 0 Å². The fourth-order valence-electron chi connectivity index (χ4n) is 1.91. The van der Waals surface area contributed by atoms with Crippen LogP contribution in [0.15, 0.2) is 33.4 Å². The van der Waals surface area contributed by atoms with Crippen molar-refractivity contribution >= 4 is 38.6 Å². The first-order valence-electron chi connectivity index (χ1n) is 5.83. The highest BCUT2D eigenvalue weighted by molar-refractivity contribution is 9.11. The molecular formula is C13H13BrN2O3S. The number of aliphatic hydroxyl groups is 1. The summed E-state index contributed by atoms with van der Waals surface area (Å²) >= 11 is 5.03. The number of thiophene rings is 1. The second kappa shape index (κ2) is 6.34. The molecule has 7 heteroatoms. The number of nitro groups is 1. The lowest BCUT2D eigenvalue weighted by Crippen LogP contribution is -2.16. The zero-order valence-electron chi connectivity index (χ0n) is 10.7. The van der Waals surface area contributed by atoms with Crippen LogP contribution in [0.1, 0.15) is 11.1 Å². The van der Waals surface area contributed by atoms with E-state index < -0.39 is 4.92 Å². The van der Waals surface area contributed by atoms with Crippen LogP contribution in [0.2, 0.25) is 0 Å². The molecule has 0 amide bonds. The topological polar surface area (TPSA) is 66.6 Å². The normalized spacial score (nSPS) is 10.6. The third-order valence-electron chi connectivity index (χ3n) is 2.91. The van der Waals surface area contributed by atoms with Crippen molar-refractivity contribution in [1.29, 1.82) is 0 Å². The first kappa shape index (κ1) is 15.0. The monoisotopic (exact) mass is 356 g/mol. The molecule has 5 nitrogen and oxygen atoms in total. The van der Waals surface area contributed by atoms with Gasteiger partial charge in [0.2, 0.25) is 0 Å². The molecular weight excluding hydrogens is 344 g/mol.